The number of aliphatic hydroxyl groups excluding tert-OH is 1. The molecule has 4 heterocycles. The fourth-order valence-electron chi connectivity index (χ4n) is 11.6. The zero-order valence-corrected chi connectivity index (χ0v) is 45.4. The first-order valence-corrected chi connectivity index (χ1v) is 27.7. The number of esters is 1. The van der Waals surface area contributed by atoms with Crippen LogP contribution in [-0.2, 0) is 65.8 Å². The largest absolute Gasteiger partial charge is 0.475 e. The number of hydrogen-bond donors (Lipinski definition) is 2. The number of phosphoric ester groups is 1. The number of amides is 1. The topological polar surface area (TPSA) is 220 Å². The number of piperidine rings is 1. The van der Waals surface area contributed by atoms with Crippen LogP contribution < -0.4 is 0 Å². The highest BCUT2D eigenvalue weighted by Gasteiger charge is 2.57. The van der Waals surface area contributed by atoms with Crippen molar-refractivity contribution >= 4 is 37.0 Å². The summed E-state index contributed by atoms with van der Waals surface area (Å²) in [6.45, 7) is 14.4. The maximum atomic E-state index is 14.6. The molecule has 0 radical (unpaired) electrons. The fraction of sp³-hybridized carbons (Fsp3) is 0.759. The number of ether oxygens (including phenoxy) is 5. The van der Waals surface area contributed by atoms with Crippen LogP contribution in [0, 0.1) is 41.4 Å². The lowest BCUT2D eigenvalue weighted by atomic mass is 9.68. The van der Waals surface area contributed by atoms with Crippen LogP contribution in [0.4, 0.5) is 0 Å². The molecule has 0 spiro atoms. The molecule has 4 fully saturated rings. The van der Waals surface area contributed by atoms with E-state index in [1.54, 1.807) is 54.9 Å². The van der Waals surface area contributed by atoms with Crippen molar-refractivity contribution in [2.24, 2.45) is 41.4 Å². The molecule has 72 heavy (non-hydrogen) atoms. The molecule has 17 nitrogen and oxygen atoms in total. The third-order valence-electron chi connectivity index (χ3n) is 15.7. The molecular weight excluding hydrogens is 950 g/mol. The molecule has 0 aromatic carbocycles. The second kappa shape index (κ2) is 27.0. The molecule has 0 aromatic rings. The van der Waals surface area contributed by atoms with Crippen molar-refractivity contribution in [3.63, 3.8) is 0 Å². The summed E-state index contributed by atoms with van der Waals surface area (Å²) in [5, 5.41) is 23.6. The number of ketones is 3. The van der Waals surface area contributed by atoms with Crippen LogP contribution in [0.25, 0.3) is 0 Å². The van der Waals surface area contributed by atoms with Crippen LogP contribution in [0.1, 0.15) is 126 Å². The lowest BCUT2D eigenvalue weighted by molar-refractivity contribution is -0.266. The highest BCUT2D eigenvalue weighted by molar-refractivity contribution is 7.48. The van der Waals surface area contributed by atoms with E-state index in [-0.39, 0.29) is 49.6 Å². The van der Waals surface area contributed by atoms with E-state index in [1.807, 2.05) is 51.2 Å². The second-order valence-corrected chi connectivity index (χ2v) is 22.5. The maximum Gasteiger partial charge on any atom is 0.475 e. The van der Waals surface area contributed by atoms with Gasteiger partial charge in [0.1, 0.15) is 30.1 Å². The molecule has 4 aliphatic heterocycles. The van der Waals surface area contributed by atoms with Gasteiger partial charge >= 0.3 is 13.8 Å². The Morgan fingerprint density at radius 3 is 2.19 bits per heavy atom. The van der Waals surface area contributed by atoms with Gasteiger partial charge in [0, 0.05) is 64.4 Å². The zero-order chi connectivity index (χ0) is 53.1. The summed E-state index contributed by atoms with van der Waals surface area (Å²) in [7, 11) is 0.618. The van der Waals surface area contributed by atoms with E-state index in [0.29, 0.717) is 69.8 Å². The van der Waals surface area contributed by atoms with Crippen LogP contribution in [0.5, 0.6) is 0 Å². The van der Waals surface area contributed by atoms with E-state index in [0.717, 1.165) is 5.57 Å². The van der Waals surface area contributed by atoms with Gasteiger partial charge in [0.05, 0.1) is 37.6 Å². The first kappa shape index (κ1) is 59.7. The molecule has 11 unspecified atom stereocenters. The van der Waals surface area contributed by atoms with Gasteiger partial charge in [0.15, 0.2) is 5.78 Å². The highest BCUT2D eigenvalue weighted by Crippen LogP contribution is 2.53. The number of nitrogens with zero attached hydrogens (tertiary/aromatic N) is 1. The lowest BCUT2D eigenvalue weighted by Gasteiger charge is -2.50. The minimum atomic E-state index is -3.88. The predicted molar refractivity (Wildman–Crippen MR) is 268 cm³/mol. The molecule has 5 aliphatic rings. The third kappa shape index (κ3) is 14.6. The summed E-state index contributed by atoms with van der Waals surface area (Å²) in [5.74, 6) is -8.96. The molecule has 4 bridgehead atoms. The summed E-state index contributed by atoms with van der Waals surface area (Å²) < 4.78 is 60.2. The van der Waals surface area contributed by atoms with Gasteiger partial charge in [-0.1, -0.05) is 64.2 Å². The van der Waals surface area contributed by atoms with Crippen LogP contribution in [0.3, 0.4) is 0 Å². The van der Waals surface area contributed by atoms with Crippen molar-refractivity contribution in [1.82, 2.24) is 4.90 Å². The first-order chi connectivity index (χ1) is 34.1. The number of allylic oxidation sites excluding steroid dienone is 6. The van der Waals surface area contributed by atoms with E-state index in [2.05, 4.69) is 0 Å². The minimum absolute atomic E-state index is 0.00548. The van der Waals surface area contributed by atoms with Gasteiger partial charge < -0.3 is 38.8 Å². The number of carbonyl (C=O) groups is 5. The lowest BCUT2D eigenvalue weighted by Crippen LogP contribution is -2.65. The fourth-order valence-corrected chi connectivity index (χ4v) is 13.0. The second-order valence-electron chi connectivity index (χ2n) is 20.9. The Morgan fingerprint density at radius 2 is 1.54 bits per heavy atom. The minimum Gasteiger partial charge on any atom is -0.460 e. The molecule has 18 heteroatoms. The van der Waals surface area contributed by atoms with Gasteiger partial charge in [-0.05, 0) is 114 Å². The van der Waals surface area contributed by atoms with E-state index >= 15 is 0 Å². The average molecular weight is 1030 g/mol. The number of aliphatic hydroxyl groups is 2. The molecule has 2 N–H and O–H groups in total. The first-order valence-electron chi connectivity index (χ1n) is 26.2. The van der Waals surface area contributed by atoms with Crippen LogP contribution in [0.15, 0.2) is 47.6 Å². The summed E-state index contributed by atoms with van der Waals surface area (Å²) in [6.07, 6.45) is 9.92. The zero-order valence-electron chi connectivity index (χ0n) is 44.5. The summed E-state index contributed by atoms with van der Waals surface area (Å²) in [5.41, 5.74) is 1.24. The molecule has 406 valence electrons. The van der Waals surface area contributed by atoms with E-state index in [4.69, 9.17) is 37.3 Å². The number of fused-ring (bicyclic) bond motifs is 4. The molecule has 1 amide bonds. The molecule has 0 aromatic heterocycles. The number of Topliss-reactive ketones (excluding diaryl/α,β-unsaturated/α-hetero) is 3. The summed E-state index contributed by atoms with van der Waals surface area (Å²) >= 11 is 0. The summed E-state index contributed by atoms with van der Waals surface area (Å²) in [4.78, 5) is 72.9. The number of hydrogen-bond acceptors (Lipinski definition) is 16. The Hall–Kier alpha value is -3.22. The number of methoxy groups -OCH3 is 3. The molecule has 1 saturated carbocycles. The van der Waals surface area contributed by atoms with Crippen molar-refractivity contribution in [2.75, 3.05) is 41.1 Å². The van der Waals surface area contributed by atoms with Crippen molar-refractivity contribution in [3.8, 4) is 0 Å². The van der Waals surface area contributed by atoms with Crippen LogP contribution in [0.2, 0.25) is 0 Å². The monoisotopic (exact) mass is 1030 g/mol. The van der Waals surface area contributed by atoms with Gasteiger partial charge in [-0.3, -0.25) is 32.7 Å². The van der Waals surface area contributed by atoms with Gasteiger partial charge in [0.2, 0.25) is 5.79 Å². The smallest absolute Gasteiger partial charge is 0.460 e. The molecule has 1 aliphatic carbocycles. The Morgan fingerprint density at radius 1 is 0.833 bits per heavy atom. The maximum absolute atomic E-state index is 14.6. The van der Waals surface area contributed by atoms with E-state index in [1.165, 1.54) is 12.0 Å². The van der Waals surface area contributed by atoms with Crippen LogP contribution in [-0.4, -0.2) is 140 Å². The highest BCUT2D eigenvalue weighted by atomic mass is 31.2. The van der Waals surface area contributed by atoms with E-state index in [9.17, 15) is 38.8 Å². The van der Waals surface area contributed by atoms with Crippen LogP contribution >= 0.6 is 7.82 Å². The van der Waals surface area contributed by atoms with Gasteiger partial charge in [-0.2, -0.15) is 0 Å². The Balaban J connectivity index is 1.51. The third-order valence-corrected chi connectivity index (χ3v) is 17.4. The predicted octanol–water partition coefficient (Wildman–Crippen LogP) is 7.61. The normalized spacial score (nSPS) is 39.9. The number of phosphoric acid groups is 1. The molecular formula is C54H84NO16P. The molecule has 16 atom stereocenters. The van der Waals surface area contributed by atoms with E-state index < -0.39 is 110 Å². The van der Waals surface area contributed by atoms with Crippen molar-refractivity contribution < 1.29 is 76.0 Å². The SMILES string of the molecule is CCOP(=O)(OCC)O[C@@H]1CCC(C[C@H]2C3CCCN4C(=O)C(=O)C5(O)OC(CCC5C)CC(OC)/C(C)=C/C=C/C=C/[C@@H](C)CC(C)C(=O)[C@H](OC)C(O)/C(C)=C/C(C)C(=O)C[C@@H]2OC(=O)C34)CC1OC. The van der Waals surface area contributed by atoms with Crippen molar-refractivity contribution in [1.29, 1.82) is 0 Å². The summed E-state index contributed by atoms with van der Waals surface area (Å²) in [6, 6.07) is -1.18. The van der Waals surface area contributed by atoms with Crippen molar-refractivity contribution in [2.45, 2.75) is 181 Å². The Labute approximate surface area is 427 Å². The Kier molecular flexibility index (Phi) is 22.4. The number of carbonyl (C=O) groups excluding carboxylic acids is 5. The standard InChI is InChI=1S/C54H84NO16P/c1-12-67-72(63,68-13-2)71-43-24-22-38(29-46(43)65-10)28-41-40-20-17-25-55-47(40)53(61)69-45(41)31-42(56)34(5)27-36(7)49(58)50(66-11)48(57)35(6)26-32(3)18-15-14-16-19-33(4)44(64-9)30-39-23-21-37(8)54(62,70-39)51(59)52(55)60/h14-16,18-19,27,32,34-35,37-41,43-47,49-50,58,62H,12-13,17,20-26,28-31H2,1-11H3/b16-14+,18-15+,33-19+,36-27+/t32-,34?,35?,37?,38?,39?,40?,41+,43-,44?,45+,46?,47?,49?,50+,54?/m1/s1. The van der Waals surface area contributed by atoms with Gasteiger partial charge in [-0.25, -0.2) is 9.36 Å². The van der Waals surface area contributed by atoms with Gasteiger partial charge in [0.25, 0.3) is 11.7 Å². The average Bonchev–Trinajstić information content (AvgIpc) is 3.34. The van der Waals surface area contributed by atoms with Gasteiger partial charge in [-0.15, -0.1) is 0 Å². The quantitative estimate of drug-likeness (QED) is 0.0880. The Bertz CT molecular complexity index is 2040. The molecule has 3 saturated heterocycles. The molecule has 5 rings (SSSR count). The van der Waals surface area contributed by atoms with Crippen molar-refractivity contribution in [3.05, 3.63) is 47.6 Å². The number of rotatable bonds is 11.